The Balaban J connectivity index is 1.72. The van der Waals surface area contributed by atoms with Crippen molar-refractivity contribution in [1.29, 1.82) is 5.26 Å². The number of halogens is 2. The average molecular weight is 681 g/mol. The summed E-state index contributed by atoms with van der Waals surface area (Å²) < 4.78 is 23.2. The summed E-state index contributed by atoms with van der Waals surface area (Å²) in [6.45, 7) is 3.40. The molecular formula is C26H27Br2N5O7. The van der Waals surface area contributed by atoms with Crippen LogP contribution in [0.15, 0.2) is 55.6 Å². The van der Waals surface area contributed by atoms with E-state index in [0.29, 0.717) is 45.2 Å². The Labute approximate surface area is 247 Å². The summed E-state index contributed by atoms with van der Waals surface area (Å²) in [5.41, 5.74) is 4.34. The molecule has 2 atom stereocenters. The molecule has 0 fully saturated rings. The van der Waals surface area contributed by atoms with E-state index >= 15 is 0 Å². The number of rotatable bonds is 12. The van der Waals surface area contributed by atoms with Crippen molar-refractivity contribution in [1.82, 2.24) is 16.1 Å². The highest BCUT2D eigenvalue weighted by molar-refractivity contribution is 9.11. The maximum Gasteiger partial charge on any atom is 0.337 e. The molecule has 2 aromatic carbocycles. The van der Waals surface area contributed by atoms with Crippen LogP contribution in [0, 0.1) is 11.3 Å². The first kappa shape index (κ1) is 30.7. The van der Waals surface area contributed by atoms with Gasteiger partial charge in [-0.2, -0.15) is 10.4 Å². The fourth-order valence-corrected chi connectivity index (χ4v) is 5.12. The minimum atomic E-state index is -1.19. The summed E-state index contributed by atoms with van der Waals surface area (Å²) >= 11 is 6.79. The number of esters is 1. The van der Waals surface area contributed by atoms with Gasteiger partial charge in [-0.1, -0.05) is 22.0 Å². The lowest BCUT2D eigenvalue weighted by Gasteiger charge is -2.28. The van der Waals surface area contributed by atoms with Crippen LogP contribution >= 0.6 is 31.9 Å². The van der Waals surface area contributed by atoms with Crippen molar-refractivity contribution in [2.45, 2.75) is 26.1 Å². The molecule has 0 saturated heterocycles. The second kappa shape index (κ2) is 14.5. The third kappa shape index (κ3) is 7.87. The predicted molar refractivity (Wildman–Crippen MR) is 152 cm³/mol. The fraction of sp³-hybridized carbons (Fsp3) is 0.308. The molecule has 14 heteroatoms. The molecule has 40 heavy (non-hydrogen) atoms. The van der Waals surface area contributed by atoms with Crippen LogP contribution < -0.4 is 30.3 Å². The third-order valence-electron chi connectivity index (χ3n) is 5.42. The van der Waals surface area contributed by atoms with Gasteiger partial charge in [-0.05, 0) is 59.6 Å². The molecule has 4 N–H and O–H groups in total. The Morgan fingerprint density at radius 2 is 2.02 bits per heavy atom. The predicted octanol–water partition coefficient (Wildman–Crippen LogP) is 3.63. The Kier molecular flexibility index (Phi) is 11.2. The van der Waals surface area contributed by atoms with Gasteiger partial charge >= 0.3 is 12.0 Å². The van der Waals surface area contributed by atoms with Crippen LogP contribution in [-0.4, -0.2) is 56.5 Å². The molecule has 0 bridgehead atoms. The Hall–Kier alpha value is -3.80. The SMILES string of the molecule is CCOc1cc([C@H]2NC(=O)NC(C)=C2C(=O)OC)ccc1OC[C@H](O)N/N=C/c1cc(Br)cc(Br)c1OCC#N. The van der Waals surface area contributed by atoms with Gasteiger partial charge in [-0.25, -0.2) is 9.59 Å². The number of hydrazone groups is 1. The summed E-state index contributed by atoms with van der Waals surface area (Å²) in [6, 6.07) is 9.15. The monoisotopic (exact) mass is 679 g/mol. The first-order valence-corrected chi connectivity index (χ1v) is 13.5. The molecule has 0 radical (unpaired) electrons. The average Bonchev–Trinajstić information content (AvgIpc) is 2.91. The number of nitrogens with zero attached hydrogens (tertiary/aromatic N) is 2. The standard InChI is InChI=1S/C26H27Br2N5O7/c1-4-38-20-10-15(23-22(25(35)37-3)14(2)31-26(36)32-23)5-6-19(20)40-13-21(34)33-30-12-16-9-17(27)11-18(28)24(16)39-8-7-29/h5-6,9-12,21,23,33-34H,4,8,13H2,1-3H3,(H2,31,32,36)/b30-12+/t21-,23+/m0/s1. The van der Waals surface area contributed by atoms with Crippen LogP contribution in [0.4, 0.5) is 4.79 Å². The van der Waals surface area contributed by atoms with Crippen LogP contribution in [0.1, 0.15) is 31.0 Å². The maximum absolute atomic E-state index is 12.4. The summed E-state index contributed by atoms with van der Waals surface area (Å²) in [5.74, 6) is 0.526. The van der Waals surface area contributed by atoms with E-state index in [2.05, 4.69) is 53.0 Å². The molecule has 1 aliphatic rings. The summed E-state index contributed by atoms with van der Waals surface area (Å²) in [5, 5.41) is 28.5. The van der Waals surface area contributed by atoms with Gasteiger partial charge in [0, 0.05) is 15.7 Å². The molecule has 212 valence electrons. The minimum absolute atomic E-state index is 0.143. The number of ether oxygens (including phenoxy) is 4. The molecule has 0 aromatic heterocycles. The summed E-state index contributed by atoms with van der Waals surface area (Å²) in [6.07, 6.45) is 0.248. The van der Waals surface area contributed by atoms with Crippen molar-refractivity contribution in [3.8, 4) is 23.3 Å². The lowest BCUT2D eigenvalue weighted by Crippen LogP contribution is -2.45. The highest BCUT2D eigenvalue weighted by atomic mass is 79.9. The van der Waals surface area contributed by atoms with Crippen molar-refractivity contribution >= 4 is 50.1 Å². The van der Waals surface area contributed by atoms with Crippen molar-refractivity contribution in [3.63, 3.8) is 0 Å². The Bertz CT molecular complexity index is 1360. The second-order valence-electron chi connectivity index (χ2n) is 8.17. The van der Waals surface area contributed by atoms with Gasteiger partial charge in [0.2, 0.25) is 0 Å². The molecule has 12 nitrogen and oxygen atoms in total. The van der Waals surface area contributed by atoms with E-state index in [1.807, 2.05) is 6.07 Å². The number of carbonyl (C=O) groups is 2. The van der Waals surface area contributed by atoms with E-state index in [4.69, 9.17) is 24.2 Å². The molecule has 0 unspecified atom stereocenters. The van der Waals surface area contributed by atoms with E-state index in [-0.39, 0.29) is 18.8 Å². The van der Waals surface area contributed by atoms with E-state index in [1.54, 1.807) is 44.2 Å². The van der Waals surface area contributed by atoms with Gasteiger partial charge in [-0.3, -0.25) is 5.43 Å². The molecule has 1 aliphatic heterocycles. The first-order chi connectivity index (χ1) is 19.2. The Morgan fingerprint density at radius 1 is 1.25 bits per heavy atom. The van der Waals surface area contributed by atoms with Crippen LogP contribution in [0.5, 0.6) is 17.2 Å². The number of nitrogens with one attached hydrogen (secondary N) is 3. The zero-order valence-corrected chi connectivity index (χ0v) is 25.0. The smallest absolute Gasteiger partial charge is 0.337 e. The second-order valence-corrected chi connectivity index (χ2v) is 9.94. The lowest BCUT2D eigenvalue weighted by molar-refractivity contribution is -0.136. The minimum Gasteiger partial charge on any atom is -0.490 e. The van der Waals surface area contributed by atoms with Crippen LogP contribution in [0.3, 0.4) is 0 Å². The number of allylic oxidation sites excluding steroid dienone is 1. The van der Waals surface area contributed by atoms with Crippen LogP contribution in [0.2, 0.25) is 0 Å². The Morgan fingerprint density at radius 3 is 2.73 bits per heavy atom. The van der Waals surface area contributed by atoms with Gasteiger partial charge in [0.05, 0.1) is 36.0 Å². The number of methoxy groups -OCH3 is 1. The largest absolute Gasteiger partial charge is 0.490 e. The quantitative estimate of drug-likeness (QED) is 0.113. The normalized spacial score (nSPS) is 15.5. The van der Waals surface area contributed by atoms with Crippen LogP contribution in [-0.2, 0) is 9.53 Å². The number of nitriles is 1. The number of aliphatic hydroxyl groups is 1. The molecular weight excluding hydrogens is 654 g/mol. The van der Waals surface area contributed by atoms with E-state index in [9.17, 15) is 14.7 Å². The summed E-state index contributed by atoms with van der Waals surface area (Å²) in [4.78, 5) is 24.5. The van der Waals surface area contributed by atoms with Crippen molar-refractivity contribution in [2.75, 3.05) is 26.9 Å². The molecule has 3 rings (SSSR count). The van der Waals surface area contributed by atoms with Crippen molar-refractivity contribution in [2.24, 2.45) is 5.10 Å². The molecule has 1 heterocycles. The lowest BCUT2D eigenvalue weighted by atomic mass is 9.95. The van der Waals surface area contributed by atoms with Gasteiger partial charge in [0.15, 0.2) is 24.3 Å². The van der Waals surface area contributed by atoms with Gasteiger partial charge < -0.3 is 34.7 Å². The topological polar surface area (TPSA) is 164 Å². The first-order valence-electron chi connectivity index (χ1n) is 11.9. The van der Waals surface area contributed by atoms with Crippen molar-refractivity contribution < 1.29 is 33.6 Å². The van der Waals surface area contributed by atoms with E-state index in [1.165, 1.54) is 13.3 Å². The number of hydrogen-bond donors (Lipinski definition) is 4. The number of aliphatic hydroxyl groups excluding tert-OH is 1. The number of hydrogen-bond acceptors (Lipinski definition) is 10. The maximum atomic E-state index is 12.4. The number of carbonyl (C=O) groups excluding carboxylic acids is 2. The van der Waals surface area contributed by atoms with E-state index in [0.717, 1.165) is 4.47 Å². The number of benzene rings is 2. The molecule has 0 spiro atoms. The van der Waals surface area contributed by atoms with Gasteiger partial charge in [0.1, 0.15) is 18.4 Å². The van der Waals surface area contributed by atoms with Gasteiger partial charge in [-0.15, -0.1) is 0 Å². The number of urea groups is 1. The molecule has 2 aromatic rings. The zero-order chi connectivity index (χ0) is 29.2. The fourth-order valence-electron chi connectivity index (χ4n) is 3.75. The third-order valence-corrected chi connectivity index (χ3v) is 6.46. The molecule has 0 saturated carbocycles. The summed E-state index contributed by atoms with van der Waals surface area (Å²) in [7, 11) is 1.27. The van der Waals surface area contributed by atoms with Crippen molar-refractivity contribution in [3.05, 3.63) is 61.7 Å². The van der Waals surface area contributed by atoms with Crippen LogP contribution in [0.25, 0.3) is 0 Å². The molecule has 2 amide bonds. The van der Waals surface area contributed by atoms with E-state index < -0.39 is 24.3 Å². The van der Waals surface area contributed by atoms with Gasteiger partial charge in [0.25, 0.3) is 0 Å². The molecule has 0 aliphatic carbocycles. The number of amides is 2. The highest BCUT2D eigenvalue weighted by Gasteiger charge is 2.32. The highest BCUT2D eigenvalue weighted by Crippen LogP contribution is 2.35. The zero-order valence-electron chi connectivity index (χ0n) is 21.8.